The first-order valence-electron chi connectivity index (χ1n) is 7.06. The Hall–Kier alpha value is -0.603. The van der Waals surface area contributed by atoms with E-state index in [1.165, 1.54) is 54.0 Å². The van der Waals surface area contributed by atoms with Crippen molar-refractivity contribution in [2.45, 2.75) is 56.6 Å². The number of aryl methyl sites for hydroxylation is 1. The molecule has 2 rings (SSSR count). The van der Waals surface area contributed by atoms with E-state index < -0.39 is 5.60 Å². The van der Waals surface area contributed by atoms with Gasteiger partial charge in [0.25, 0.3) is 0 Å². The second-order valence-corrected chi connectivity index (χ2v) is 6.39. The Balaban J connectivity index is 2.06. The molecule has 1 aliphatic carbocycles. The highest BCUT2D eigenvalue weighted by molar-refractivity contribution is 6.08. The molecule has 1 aromatic rings. The normalized spacial score (nSPS) is 19.4. The summed E-state index contributed by atoms with van der Waals surface area (Å²) in [7, 11) is 1.31. The van der Waals surface area contributed by atoms with E-state index in [4.69, 9.17) is 0 Å². The van der Waals surface area contributed by atoms with Gasteiger partial charge in [0.2, 0.25) is 0 Å². The molecule has 0 aliphatic heterocycles. The number of hydrogen-bond acceptors (Lipinski definition) is 1. The van der Waals surface area contributed by atoms with Gasteiger partial charge in [0.05, 0.1) is 5.60 Å². The maximum absolute atomic E-state index is 10.6. The summed E-state index contributed by atoms with van der Waals surface area (Å²) in [4.78, 5) is 0. The van der Waals surface area contributed by atoms with Crippen LogP contribution in [0.5, 0.6) is 0 Å². The Bertz CT molecular complexity index is 338. The molecule has 1 fully saturated rings. The minimum atomic E-state index is -0.533. The fourth-order valence-corrected chi connectivity index (χ4v) is 3.14. The second-order valence-electron chi connectivity index (χ2n) is 5.39. The first-order valence-corrected chi connectivity index (χ1v) is 8.48. The molecule has 0 spiro atoms. The standard InChI is InChI=1S/C15H24OSi/c16-15(10-2-1-3-11-15)14-8-6-13(7-9-14)5-4-12-17/h6-9,16H,1-5,10-12H2,17H3. The summed E-state index contributed by atoms with van der Waals surface area (Å²) in [6.07, 6.45) is 8.00. The monoisotopic (exact) mass is 248 g/mol. The molecule has 0 bridgehead atoms. The van der Waals surface area contributed by atoms with E-state index in [1.807, 2.05) is 0 Å². The van der Waals surface area contributed by atoms with Crippen LogP contribution in [0.25, 0.3) is 0 Å². The van der Waals surface area contributed by atoms with Gasteiger partial charge >= 0.3 is 0 Å². The SMILES string of the molecule is OC1(c2ccc(CCC[SiH3])cc2)CCCCC1. The van der Waals surface area contributed by atoms with Crippen molar-refractivity contribution in [1.29, 1.82) is 0 Å². The first-order chi connectivity index (χ1) is 8.24. The van der Waals surface area contributed by atoms with Crippen LogP contribution in [0.3, 0.4) is 0 Å². The van der Waals surface area contributed by atoms with Crippen LogP contribution < -0.4 is 0 Å². The second kappa shape index (κ2) is 5.83. The van der Waals surface area contributed by atoms with Crippen LogP contribution in [0, 0.1) is 0 Å². The largest absolute Gasteiger partial charge is 0.385 e. The molecule has 0 unspecified atom stereocenters. The van der Waals surface area contributed by atoms with Gasteiger partial charge in [0, 0.05) is 10.2 Å². The van der Waals surface area contributed by atoms with Gasteiger partial charge in [0.15, 0.2) is 0 Å². The quantitative estimate of drug-likeness (QED) is 0.812. The van der Waals surface area contributed by atoms with E-state index in [9.17, 15) is 5.11 Å². The van der Waals surface area contributed by atoms with Crippen molar-refractivity contribution in [2.75, 3.05) is 0 Å². The van der Waals surface area contributed by atoms with Crippen LogP contribution in [0.2, 0.25) is 6.04 Å². The predicted octanol–water partition coefficient (Wildman–Crippen LogP) is 2.55. The van der Waals surface area contributed by atoms with Crippen molar-refractivity contribution in [1.82, 2.24) is 0 Å². The molecule has 1 N–H and O–H groups in total. The molecule has 0 heterocycles. The first kappa shape index (κ1) is 12.8. The van der Waals surface area contributed by atoms with Crippen LogP contribution in [0.15, 0.2) is 24.3 Å². The smallest absolute Gasteiger partial charge is 0.0896 e. The highest BCUT2D eigenvalue weighted by Crippen LogP contribution is 2.36. The summed E-state index contributed by atoms with van der Waals surface area (Å²) in [5.41, 5.74) is 2.02. The Kier molecular flexibility index (Phi) is 4.40. The molecule has 1 aromatic carbocycles. The Morgan fingerprint density at radius 1 is 1.06 bits per heavy atom. The van der Waals surface area contributed by atoms with Gasteiger partial charge in [-0.15, -0.1) is 0 Å². The molecule has 0 amide bonds. The van der Waals surface area contributed by atoms with Gasteiger partial charge in [-0.1, -0.05) is 56.0 Å². The molecular weight excluding hydrogens is 224 g/mol. The lowest BCUT2D eigenvalue weighted by atomic mass is 9.79. The summed E-state index contributed by atoms with van der Waals surface area (Å²) >= 11 is 0. The van der Waals surface area contributed by atoms with E-state index in [0.717, 1.165) is 18.4 Å². The fraction of sp³-hybridized carbons (Fsp3) is 0.600. The fourth-order valence-electron chi connectivity index (χ4n) is 2.79. The van der Waals surface area contributed by atoms with Crippen molar-refractivity contribution in [3.05, 3.63) is 35.4 Å². The lowest BCUT2D eigenvalue weighted by Crippen LogP contribution is -2.28. The number of aliphatic hydroxyl groups is 1. The van der Waals surface area contributed by atoms with E-state index >= 15 is 0 Å². The van der Waals surface area contributed by atoms with Crippen molar-refractivity contribution in [3.8, 4) is 0 Å². The Morgan fingerprint density at radius 3 is 2.29 bits per heavy atom. The van der Waals surface area contributed by atoms with E-state index in [0.29, 0.717) is 0 Å². The zero-order valence-corrected chi connectivity index (χ0v) is 12.9. The number of hydrogen-bond donors (Lipinski definition) is 1. The van der Waals surface area contributed by atoms with E-state index in [-0.39, 0.29) is 0 Å². The van der Waals surface area contributed by atoms with Crippen LogP contribution in [-0.2, 0) is 12.0 Å². The van der Waals surface area contributed by atoms with E-state index in [1.54, 1.807) is 0 Å². The minimum absolute atomic E-state index is 0.533. The van der Waals surface area contributed by atoms with Gasteiger partial charge in [-0.2, -0.15) is 0 Å². The summed E-state index contributed by atoms with van der Waals surface area (Å²) < 4.78 is 0. The van der Waals surface area contributed by atoms with Crippen LogP contribution in [-0.4, -0.2) is 15.3 Å². The lowest BCUT2D eigenvalue weighted by Gasteiger charge is -2.32. The summed E-state index contributed by atoms with van der Waals surface area (Å²) in [5, 5.41) is 10.6. The van der Waals surface area contributed by atoms with Crippen molar-refractivity contribution < 1.29 is 5.11 Å². The molecule has 1 saturated carbocycles. The third kappa shape index (κ3) is 3.20. The Labute approximate surface area is 108 Å². The lowest BCUT2D eigenvalue weighted by molar-refractivity contribution is -0.000635. The summed E-state index contributed by atoms with van der Waals surface area (Å²) in [6, 6.07) is 10.1. The minimum Gasteiger partial charge on any atom is -0.385 e. The van der Waals surface area contributed by atoms with Crippen molar-refractivity contribution in [2.24, 2.45) is 0 Å². The highest BCUT2D eigenvalue weighted by atomic mass is 28.1. The maximum atomic E-state index is 10.6. The van der Waals surface area contributed by atoms with Gasteiger partial charge in [-0.3, -0.25) is 0 Å². The third-order valence-corrected chi connectivity index (χ3v) is 4.70. The zero-order chi connectivity index (χ0) is 12.1. The van der Waals surface area contributed by atoms with Crippen LogP contribution in [0.1, 0.15) is 49.7 Å². The Morgan fingerprint density at radius 2 is 1.71 bits per heavy atom. The van der Waals surface area contributed by atoms with Gasteiger partial charge in [-0.05, 0) is 30.4 Å². The molecule has 0 atom stereocenters. The topological polar surface area (TPSA) is 20.2 Å². The molecule has 0 radical (unpaired) electrons. The average Bonchev–Trinajstić information content (AvgIpc) is 2.38. The highest BCUT2D eigenvalue weighted by Gasteiger charge is 2.30. The van der Waals surface area contributed by atoms with Gasteiger partial charge in [0.1, 0.15) is 0 Å². The molecule has 17 heavy (non-hydrogen) atoms. The molecule has 1 nitrogen and oxygen atoms in total. The zero-order valence-electron chi connectivity index (χ0n) is 10.9. The average molecular weight is 248 g/mol. The molecule has 2 heteroatoms. The third-order valence-electron chi connectivity index (χ3n) is 3.99. The predicted molar refractivity (Wildman–Crippen MR) is 76.5 cm³/mol. The molecule has 0 aromatic heterocycles. The molecular formula is C15H24OSi. The van der Waals surface area contributed by atoms with Gasteiger partial charge < -0.3 is 5.11 Å². The van der Waals surface area contributed by atoms with Crippen LogP contribution in [0.4, 0.5) is 0 Å². The number of rotatable bonds is 4. The van der Waals surface area contributed by atoms with E-state index in [2.05, 4.69) is 24.3 Å². The van der Waals surface area contributed by atoms with Crippen LogP contribution >= 0.6 is 0 Å². The molecule has 94 valence electrons. The van der Waals surface area contributed by atoms with Crippen molar-refractivity contribution in [3.63, 3.8) is 0 Å². The molecule has 0 saturated heterocycles. The summed E-state index contributed by atoms with van der Waals surface area (Å²) in [5.74, 6) is 0. The number of benzene rings is 1. The maximum Gasteiger partial charge on any atom is 0.0896 e. The van der Waals surface area contributed by atoms with Crippen molar-refractivity contribution >= 4 is 10.2 Å². The van der Waals surface area contributed by atoms with Gasteiger partial charge in [-0.25, -0.2) is 0 Å². The molecule has 1 aliphatic rings. The summed E-state index contributed by atoms with van der Waals surface area (Å²) in [6.45, 7) is 0.